The normalized spacial score (nSPS) is 23.8. The number of hydrogen-bond donors (Lipinski definition) is 0. The summed E-state index contributed by atoms with van der Waals surface area (Å²) in [6, 6.07) is 0. The fourth-order valence-electron chi connectivity index (χ4n) is 2.25. The maximum absolute atomic E-state index is 11.7. The molecule has 0 heterocycles. The van der Waals surface area contributed by atoms with Gasteiger partial charge in [0.2, 0.25) is 0 Å². The first-order valence-corrected chi connectivity index (χ1v) is 5.93. The Morgan fingerprint density at radius 2 is 2.18 bits per heavy atom. The molecule has 1 rings (SSSR count). The van der Waals surface area contributed by atoms with Crippen LogP contribution >= 0.6 is 0 Å². The molecule has 0 saturated heterocycles. The first-order valence-electron chi connectivity index (χ1n) is 5.93. The van der Waals surface area contributed by atoms with Gasteiger partial charge >= 0.3 is 5.97 Å². The van der Waals surface area contributed by atoms with Crippen molar-refractivity contribution in [2.75, 3.05) is 7.11 Å². The molecule has 3 heteroatoms. The number of carbonyl (C=O) groups excluding carboxylic acids is 2. The molecule has 1 fully saturated rings. The molecule has 1 unspecified atom stereocenters. The molecule has 98 valence electrons. The minimum Gasteiger partial charge on any atom is -0.469 e. The highest BCUT2D eigenvalue weighted by molar-refractivity contribution is 5.84. The number of Topliss-reactive ketones (excluding diaryl/α,β-unsaturated/α-hetero) is 1. The Labute approximate surface area is 104 Å². The van der Waals surface area contributed by atoms with E-state index in [-0.39, 0.29) is 25.2 Å². The molecule has 0 amide bonds. The monoisotopic (exact) mass is 240 g/mol. The van der Waals surface area contributed by atoms with Crippen LogP contribution in [0.1, 0.15) is 46.5 Å². The average Bonchev–Trinajstić information content (AvgIpc) is 2.61. The summed E-state index contributed by atoms with van der Waals surface area (Å²) in [5.74, 6) is 0.308. The summed E-state index contributed by atoms with van der Waals surface area (Å²) >= 11 is 0. The van der Waals surface area contributed by atoms with Crippen molar-refractivity contribution < 1.29 is 14.3 Å². The molecule has 0 radical (unpaired) electrons. The van der Waals surface area contributed by atoms with Gasteiger partial charge in [0.25, 0.3) is 0 Å². The minimum absolute atomic E-state index is 0. The molecule has 0 aromatic carbocycles. The van der Waals surface area contributed by atoms with Gasteiger partial charge in [-0.25, -0.2) is 0 Å². The summed E-state index contributed by atoms with van der Waals surface area (Å²) in [5, 5.41) is 0. The molecule has 0 N–H and O–H groups in total. The zero-order valence-electron chi connectivity index (χ0n) is 10.1. The van der Waals surface area contributed by atoms with Crippen LogP contribution in [0.2, 0.25) is 0 Å². The molecule has 0 aliphatic heterocycles. The van der Waals surface area contributed by atoms with Crippen molar-refractivity contribution in [1.82, 2.24) is 0 Å². The van der Waals surface area contributed by atoms with E-state index in [1.54, 1.807) is 0 Å². The standard InChI is InChI=1S/C13H20O3.CH4/c1-3-4-5-6-11-10(7-8-12(11)14)9-13(15)16-2;/h4-5,10-11H,3,6-9H2,1-2H3;1H4/b5-4+;/t10-,11?;/m0./s1. The van der Waals surface area contributed by atoms with E-state index >= 15 is 0 Å². The second-order valence-corrected chi connectivity index (χ2v) is 4.27. The zero-order valence-corrected chi connectivity index (χ0v) is 10.1. The van der Waals surface area contributed by atoms with Gasteiger partial charge in [-0.1, -0.05) is 26.5 Å². The Hall–Kier alpha value is -1.12. The van der Waals surface area contributed by atoms with Gasteiger partial charge in [0.15, 0.2) is 0 Å². The number of ketones is 1. The lowest BCUT2D eigenvalue weighted by Gasteiger charge is -2.15. The molecule has 1 aliphatic rings. The number of carbonyl (C=O) groups is 2. The molecule has 0 aromatic rings. The number of ether oxygens (including phenoxy) is 1. The topological polar surface area (TPSA) is 43.4 Å². The maximum atomic E-state index is 11.7. The van der Waals surface area contributed by atoms with Gasteiger partial charge in [0.05, 0.1) is 7.11 Å². The van der Waals surface area contributed by atoms with Gasteiger partial charge in [-0.15, -0.1) is 0 Å². The van der Waals surface area contributed by atoms with Crippen molar-refractivity contribution >= 4 is 11.8 Å². The first-order chi connectivity index (χ1) is 7.69. The Kier molecular flexibility index (Phi) is 7.51. The molecule has 1 saturated carbocycles. The summed E-state index contributed by atoms with van der Waals surface area (Å²) in [5.41, 5.74) is 0. The number of esters is 1. The van der Waals surface area contributed by atoms with E-state index < -0.39 is 0 Å². The highest BCUT2D eigenvalue weighted by Crippen LogP contribution is 2.34. The van der Waals surface area contributed by atoms with E-state index in [0.29, 0.717) is 18.6 Å². The van der Waals surface area contributed by atoms with Crippen LogP contribution in [-0.2, 0) is 14.3 Å². The number of rotatable bonds is 5. The lowest BCUT2D eigenvalue weighted by atomic mass is 9.89. The second kappa shape index (κ2) is 8.04. The lowest BCUT2D eigenvalue weighted by molar-refractivity contribution is -0.142. The van der Waals surface area contributed by atoms with E-state index in [4.69, 9.17) is 0 Å². The van der Waals surface area contributed by atoms with E-state index in [9.17, 15) is 9.59 Å². The SMILES string of the molecule is C.CC/C=C/CC1C(=O)CC[C@H]1CC(=O)OC. The van der Waals surface area contributed by atoms with Gasteiger partial charge in [0, 0.05) is 18.8 Å². The third-order valence-corrected chi connectivity index (χ3v) is 3.19. The number of hydrogen-bond acceptors (Lipinski definition) is 3. The van der Waals surface area contributed by atoms with Crippen LogP contribution in [0, 0.1) is 11.8 Å². The number of methoxy groups -OCH3 is 1. The summed E-state index contributed by atoms with van der Waals surface area (Å²) in [6.07, 6.45) is 7.72. The van der Waals surface area contributed by atoms with Crippen LogP contribution in [0.25, 0.3) is 0 Å². The molecule has 0 aromatic heterocycles. The highest BCUT2D eigenvalue weighted by atomic mass is 16.5. The minimum atomic E-state index is -0.204. The predicted molar refractivity (Wildman–Crippen MR) is 68.6 cm³/mol. The van der Waals surface area contributed by atoms with Crippen LogP contribution in [0.5, 0.6) is 0 Å². The van der Waals surface area contributed by atoms with E-state index in [1.807, 2.05) is 0 Å². The average molecular weight is 240 g/mol. The van der Waals surface area contributed by atoms with E-state index in [0.717, 1.165) is 19.3 Å². The molecular weight excluding hydrogens is 216 g/mol. The Balaban J connectivity index is 0.00000256. The molecule has 0 bridgehead atoms. The van der Waals surface area contributed by atoms with E-state index in [2.05, 4.69) is 23.8 Å². The van der Waals surface area contributed by atoms with Gasteiger partial charge in [-0.3, -0.25) is 9.59 Å². The number of allylic oxidation sites excluding steroid dienone is 2. The van der Waals surface area contributed by atoms with Crippen molar-refractivity contribution in [2.24, 2.45) is 11.8 Å². The smallest absolute Gasteiger partial charge is 0.305 e. The zero-order chi connectivity index (χ0) is 12.0. The highest BCUT2D eigenvalue weighted by Gasteiger charge is 2.34. The van der Waals surface area contributed by atoms with Crippen LogP contribution in [-0.4, -0.2) is 18.9 Å². The van der Waals surface area contributed by atoms with Crippen LogP contribution < -0.4 is 0 Å². The first kappa shape index (κ1) is 15.9. The second-order valence-electron chi connectivity index (χ2n) is 4.27. The van der Waals surface area contributed by atoms with Crippen molar-refractivity contribution in [3.63, 3.8) is 0 Å². The molecule has 2 atom stereocenters. The van der Waals surface area contributed by atoms with Gasteiger partial charge < -0.3 is 4.74 Å². The van der Waals surface area contributed by atoms with Gasteiger partial charge in [-0.2, -0.15) is 0 Å². The largest absolute Gasteiger partial charge is 0.469 e. The molecule has 1 aliphatic carbocycles. The van der Waals surface area contributed by atoms with Crippen LogP contribution in [0.3, 0.4) is 0 Å². The maximum Gasteiger partial charge on any atom is 0.305 e. The van der Waals surface area contributed by atoms with Crippen LogP contribution in [0.15, 0.2) is 12.2 Å². The fraction of sp³-hybridized carbons (Fsp3) is 0.714. The molecule has 17 heavy (non-hydrogen) atoms. The van der Waals surface area contributed by atoms with Crippen molar-refractivity contribution in [3.05, 3.63) is 12.2 Å². The Morgan fingerprint density at radius 1 is 1.47 bits per heavy atom. The molecule has 0 spiro atoms. The summed E-state index contributed by atoms with van der Waals surface area (Å²) in [7, 11) is 1.39. The van der Waals surface area contributed by atoms with Crippen molar-refractivity contribution in [2.45, 2.75) is 46.5 Å². The van der Waals surface area contributed by atoms with Crippen LogP contribution in [0.4, 0.5) is 0 Å². The quantitative estimate of drug-likeness (QED) is 0.547. The summed E-state index contributed by atoms with van der Waals surface area (Å²) in [4.78, 5) is 22.9. The van der Waals surface area contributed by atoms with E-state index in [1.165, 1.54) is 7.11 Å². The predicted octanol–water partition coefficient (Wildman–Crippen LogP) is 3.14. The Bertz CT molecular complexity index is 281. The van der Waals surface area contributed by atoms with Crippen molar-refractivity contribution in [3.8, 4) is 0 Å². The summed E-state index contributed by atoms with van der Waals surface area (Å²) < 4.78 is 4.65. The third-order valence-electron chi connectivity index (χ3n) is 3.19. The molecular formula is C14H24O3. The molecule has 3 nitrogen and oxygen atoms in total. The lowest BCUT2D eigenvalue weighted by Crippen LogP contribution is -2.18. The van der Waals surface area contributed by atoms with Gasteiger partial charge in [0.1, 0.15) is 5.78 Å². The van der Waals surface area contributed by atoms with Crippen molar-refractivity contribution in [1.29, 1.82) is 0 Å². The summed E-state index contributed by atoms with van der Waals surface area (Å²) in [6.45, 7) is 2.07. The third kappa shape index (κ3) is 4.72. The Morgan fingerprint density at radius 3 is 2.76 bits per heavy atom. The van der Waals surface area contributed by atoms with Gasteiger partial charge in [-0.05, 0) is 25.2 Å². The fourth-order valence-corrected chi connectivity index (χ4v) is 2.25.